The van der Waals surface area contributed by atoms with Crippen LogP contribution in [0.15, 0.2) is 36.0 Å². The third-order valence-corrected chi connectivity index (χ3v) is 9.35. The number of allylic oxidation sites excluding steroid dienone is 2. The summed E-state index contributed by atoms with van der Waals surface area (Å²) < 4.78 is 33.7. The van der Waals surface area contributed by atoms with Crippen molar-refractivity contribution >= 4 is 18.0 Å². The van der Waals surface area contributed by atoms with Crippen LogP contribution >= 0.6 is 0 Å². The molecule has 0 radical (unpaired) electrons. The van der Waals surface area contributed by atoms with Crippen LogP contribution < -0.4 is 5.32 Å². The molecule has 2 amide bonds. The minimum atomic E-state index is -0.817. The minimum absolute atomic E-state index is 0.00715. The first-order valence-corrected chi connectivity index (χ1v) is 15.9. The molecule has 10 atom stereocenters. The molecule has 12 heteroatoms. The lowest BCUT2D eigenvalue weighted by atomic mass is 9.87. The molecule has 0 saturated carbocycles. The fourth-order valence-corrected chi connectivity index (χ4v) is 6.31. The summed E-state index contributed by atoms with van der Waals surface area (Å²) in [6.07, 6.45) is 8.67. The highest BCUT2D eigenvalue weighted by Gasteiger charge is 2.61. The highest BCUT2D eigenvalue weighted by molar-refractivity contribution is 5.87. The lowest BCUT2D eigenvalue weighted by Crippen LogP contribution is -2.55. The van der Waals surface area contributed by atoms with Crippen LogP contribution in [0.25, 0.3) is 0 Å². The number of nitrogens with zero attached hydrogens (tertiary/aromatic N) is 1. The van der Waals surface area contributed by atoms with Crippen molar-refractivity contribution in [2.75, 3.05) is 33.9 Å². The summed E-state index contributed by atoms with van der Waals surface area (Å²) in [5.74, 6) is -1.57. The van der Waals surface area contributed by atoms with Crippen molar-refractivity contribution in [1.29, 1.82) is 0 Å². The van der Waals surface area contributed by atoms with E-state index in [1.54, 1.807) is 14.0 Å². The van der Waals surface area contributed by atoms with Crippen LogP contribution in [0.1, 0.15) is 60.3 Å². The molecule has 3 unspecified atom stereocenters. The molecular weight excluding hydrogens is 584 g/mol. The van der Waals surface area contributed by atoms with Gasteiger partial charge in [0.1, 0.15) is 23.9 Å². The number of rotatable bonds is 10. The maximum atomic E-state index is 12.7. The first-order valence-electron chi connectivity index (χ1n) is 15.9. The molecule has 4 fully saturated rings. The Kier molecular flexibility index (Phi) is 11.5. The Morgan fingerprint density at radius 1 is 1.20 bits per heavy atom. The van der Waals surface area contributed by atoms with E-state index >= 15 is 0 Å². The van der Waals surface area contributed by atoms with Gasteiger partial charge < -0.3 is 43.7 Å². The number of epoxide rings is 1. The van der Waals surface area contributed by atoms with Crippen molar-refractivity contribution in [3.63, 3.8) is 0 Å². The van der Waals surface area contributed by atoms with Crippen LogP contribution in [0.5, 0.6) is 0 Å². The summed E-state index contributed by atoms with van der Waals surface area (Å²) in [5, 5.41) is 13.8. The van der Waals surface area contributed by atoms with E-state index in [2.05, 4.69) is 18.3 Å². The van der Waals surface area contributed by atoms with Crippen LogP contribution in [0, 0.1) is 11.8 Å². The number of aliphatic hydroxyl groups excluding tert-OH is 1. The summed E-state index contributed by atoms with van der Waals surface area (Å²) in [6, 6.07) is -0.159. The Hall–Kier alpha value is -2.77. The van der Waals surface area contributed by atoms with Crippen molar-refractivity contribution < 1.29 is 47.9 Å². The quantitative estimate of drug-likeness (QED) is 0.159. The second kappa shape index (κ2) is 14.8. The standard InChI is InChI=1S/C33H50N2O10/c1-20(9-12-27-29(37)33(19-42-33)18-32(5,41-7)45-27)8-11-26-21(2)16-25(23(4)44-26)34-28(36)13-10-22(3)43-31(39)35-15-14-24(17-35)30(38)40-6/h8-10,12-13,21-27,29,37H,11,14-19H2,1-7H3,(H,34,36)/b12-9+,13-10-,20-8+/t21-,22-,23+,24?,25?,26-,27?,29+,32-,33+/m0/s1. The molecule has 0 aliphatic carbocycles. The van der Waals surface area contributed by atoms with E-state index in [9.17, 15) is 19.5 Å². The SMILES string of the molecule is COC(=O)C1CCN(C(=O)O[C@@H](C)/C=C\C(=O)NC2C[C@H](C)[C@H](C/C=C(C)/C=C/C3O[C@](C)(OC)C[C@@]4(CO4)[C@@H]3O)O[C@@H]2C)C1. The van der Waals surface area contributed by atoms with Gasteiger partial charge in [0, 0.05) is 32.7 Å². The van der Waals surface area contributed by atoms with Crippen molar-refractivity contribution in [3.8, 4) is 0 Å². The predicted octanol–water partition coefficient (Wildman–Crippen LogP) is 3.03. The molecule has 4 aliphatic rings. The number of ether oxygens (including phenoxy) is 6. The number of methoxy groups -OCH3 is 2. The molecule has 0 aromatic heterocycles. The zero-order valence-electron chi connectivity index (χ0n) is 27.5. The number of carbonyl (C=O) groups is 3. The van der Waals surface area contributed by atoms with Crippen LogP contribution in [-0.2, 0) is 38.0 Å². The van der Waals surface area contributed by atoms with E-state index in [1.165, 1.54) is 24.2 Å². The fourth-order valence-electron chi connectivity index (χ4n) is 6.31. The van der Waals surface area contributed by atoms with Gasteiger partial charge in [0.25, 0.3) is 0 Å². The van der Waals surface area contributed by atoms with Crippen LogP contribution in [0.3, 0.4) is 0 Å². The largest absolute Gasteiger partial charge is 0.469 e. The molecule has 252 valence electrons. The molecule has 4 rings (SSSR count). The second-order valence-corrected chi connectivity index (χ2v) is 13.0. The average Bonchev–Trinajstić information content (AvgIpc) is 3.58. The maximum absolute atomic E-state index is 12.7. The molecule has 0 aromatic rings. The first-order chi connectivity index (χ1) is 21.3. The van der Waals surface area contributed by atoms with Gasteiger partial charge >= 0.3 is 12.1 Å². The van der Waals surface area contributed by atoms with Crippen molar-refractivity contribution in [1.82, 2.24) is 10.2 Å². The number of carbonyl (C=O) groups excluding carboxylic acids is 3. The topological polar surface area (TPSA) is 145 Å². The van der Waals surface area contributed by atoms with E-state index in [-0.39, 0.29) is 48.5 Å². The molecule has 4 aliphatic heterocycles. The lowest BCUT2D eigenvalue weighted by Gasteiger charge is -2.42. The van der Waals surface area contributed by atoms with E-state index in [4.69, 9.17) is 28.4 Å². The van der Waals surface area contributed by atoms with Crippen LogP contribution in [-0.4, -0.2) is 110 Å². The summed E-state index contributed by atoms with van der Waals surface area (Å²) in [5.41, 5.74) is 0.420. The van der Waals surface area contributed by atoms with Gasteiger partial charge in [-0.3, -0.25) is 9.59 Å². The van der Waals surface area contributed by atoms with E-state index in [0.29, 0.717) is 32.4 Å². The molecule has 4 saturated heterocycles. The fraction of sp³-hybridized carbons (Fsp3) is 0.727. The molecule has 12 nitrogen and oxygen atoms in total. The Labute approximate surface area is 266 Å². The second-order valence-electron chi connectivity index (χ2n) is 13.0. The number of likely N-dealkylation sites (tertiary alicyclic amines) is 1. The lowest BCUT2D eigenvalue weighted by molar-refractivity contribution is -0.284. The van der Waals surface area contributed by atoms with Gasteiger partial charge in [0.2, 0.25) is 5.91 Å². The van der Waals surface area contributed by atoms with Gasteiger partial charge in [-0.25, -0.2) is 4.79 Å². The third kappa shape index (κ3) is 8.94. The average molecular weight is 635 g/mol. The van der Waals surface area contributed by atoms with Gasteiger partial charge in [-0.15, -0.1) is 0 Å². The Balaban J connectivity index is 1.20. The van der Waals surface area contributed by atoms with Crippen molar-refractivity contribution in [2.45, 2.75) is 108 Å². The number of esters is 1. The number of hydrogen-bond donors (Lipinski definition) is 2. The van der Waals surface area contributed by atoms with E-state index in [0.717, 1.165) is 12.0 Å². The van der Waals surface area contributed by atoms with Gasteiger partial charge in [-0.2, -0.15) is 0 Å². The summed E-state index contributed by atoms with van der Waals surface area (Å²) in [6.45, 7) is 10.8. The van der Waals surface area contributed by atoms with Crippen LogP contribution in [0.4, 0.5) is 4.79 Å². The van der Waals surface area contributed by atoms with Gasteiger partial charge in [0.05, 0.1) is 37.9 Å². The zero-order valence-corrected chi connectivity index (χ0v) is 27.5. The smallest absolute Gasteiger partial charge is 0.410 e. The normalized spacial score (nSPS) is 37.6. The third-order valence-electron chi connectivity index (χ3n) is 9.35. The highest BCUT2D eigenvalue weighted by atomic mass is 16.7. The van der Waals surface area contributed by atoms with Crippen molar-refractivity contribution in [2.24, 2.45) is 11.8 Å². The molecule has 4 heterocycles. The number of aliphatic hydroxyl groups is 1. The maximum Gasteiger partial charge on any atom is 0.410 e. The minimum Gasteiger partial charge on any atom is -0.469 e. The summed E-state index contributed by atoms with van der Waals surface area (Å²) in [7, 11) is 2.93. The Bertz CT molecular complexity index is 1170. The first kappa shape index (κ1) is 35.1. The Morgan fingerprint density at radius 2 is 1.93 bits per heavy atom. The predicted molar refractivity (Wildman–Crippen MR) is 164 cm³/mol. The number of nitrogens with one attached hydrogen (secondary N) is 1. The summed E-state index contributed by atoms with van der Waals surface area (Å²) in [4.78, 5) is 38.3. The molecule has 0 aromatic carbocycles. The van der Waals surface area contributed by atoms with Crippen molar-refractivity contribution in [3.05, 3.63) is 36.0 Å². The zero-order chi connectivity index (χ0) is 32.9. The monoisotopic (exact) mass is 634 g/mol. The van der Waals surface area contributed by atoms with E-state index in [1.807, 2.05) is 32.9 Å². The van der Waals surface area contributed by atoms with Gasteiger partial charge in [0.15, 0.2) is 5.79 Å². The molecule has 1 spiro atoms. The molecule has 0 bridgehead atoms. The van der Waals surface area contributed by atoms with E-state index < -0.39 is 35.8 Å². The van der Waals surface area contributed by atoms with Gasteiger partial charge in [-0.05, 0) is 59.0 Å². The molecule has 2 N–H and O–H groups in total. The highest BCUT2D eigenvalue weighted by Crippen LogP contribution is 2.46. The molecule has 45 heavy (non-hydrogen) atoms. The molecular formula is C33H50N2O10. The van der Waals surface area contributed by atoms with Gasteiger partial charge in [-0.1, -0.05) is 30.7 Å². The summed E-state index contributed by atoms with van der Waals surface area (Å²) >= 11 is 0. The van der Waals surface area contributed by atoms with Crippen LogP contribution in [0.2, 0.25) is 0 Å². The number of amides is 2. The Morgan fingerprint density at radius 3 is 2.60 bits per heavy atom. The number of hydrogen-bond acceptors (Lipinski definition) is 10.